The van der Waals surface area contributed by atoms with Crippen LogP contribution >= 0.6 is 0 Å². The molecule has 2 nitrogen and oxygen atoms in total. The van der Waals surface area contributed by atoms with Crippen molar-refractivity contribution in [1.82, 2.24) is 5.32 Å². The average Bonchev–Trinajstić information content (AvgIpc) is 2.31. The Kier molecular flexibility index (Phi) is 5.42. The van der Waals surface area contributed by atoms with Crippen molar-refractivity contribution in [3.63, 3.8) is 0 Å². The number of hydrogen-bond acceptors (Lipinski definition) is 2. The molecule has 0 amide bonds. The number of hydrogen-bond donors (Lipinski definition) is 1. The van der Waals surface area contributed by atoms with E-state index < -0.39 is 0 Å². The van der Waals surface area contributed by atoms with E-state index in [0.29, 0.717) is 17.2 Å². The van der Waals surface area contributed by atoms with Gasteiger partial charge in [0.05, 0.1) is 7.11 Å². The highest BCUT2D eigenvalue weighted by molar-refractivity contribution is 5.33. The first-order valence-corrected chi connectivity index (χ1v) is 6.09. The molecule has 0 bridgehead atoms. The van der Waals surface area contributed by atoms with Gasteiger partial charge in [-0.15, -0.1) is 0 Å². The second-order valence-electron chi connectivity index (χ2n) is 4.68. The molecule has 1 N–H and O–H groups in total. The van der Waals surface area contributed by atoms with Crippen molar-refractivity contribution in [2.45, 2.75) is 32.7 Å². The number of halogens is 1. The predicted octanol–water partition coefficient (Wildman–Crippen LogP) is 3.53. The van der Waals surface area contributed by atoms with Gasteiger partial charge in [-0.1, -0.05) is 26.0 Å². The van der Waals surface area contributed by atoms with Gasteiger partial charge in [-0.2, -0.15) is 0 Å². The van der Waals surface area contributed by atoms with Crippen LogP contribution in [0.25, 0.3) is 0 Å². The van der Waals surface area contributed by atoms with E-state index in [-0.39, 0.29) is 11.9 Å². The van der Waals surface area contributed by atoms with Crippen molar-refractivity contribution in [2.24, 2.45) is 5.92 Å². The molecule has 17 heavy (non-hydrogen) atoms. The molecule has 0 aromatic heterocycles. The molecule has 0 heterocycles. The van der Waals surface area contributed by atoms with Gasteiger partial charge in [0.1, 0.15) is 0 Å². The summed E-state index contributed by atoms with van der Waals surface area (Å²) in [6.07, 6.45) is 2.00. The standard InChI is InChI=1S/C14H22FNO/c1-10(2)8-9-12(16-3)11-6-5-7-13(17-4)14(11)15/h5-7,10,12,16H,8-9H2,1-4H3. The van der Waals surface area contributed by atoms with Crippen LogP contribution in [0.5, 0.6) is 5.75 Å². The molecule has 0 saturated heterocycles. The van der Waals surface area contributed by atoms with Gasteiger partial charge in [0.2, 0.25) is 0 Å². The molecule has 1 aromatic rings. The number of nitrogens with one attached hydrogen (secondary N) is 1. The fraction of sp³-hybridized carbons (Fsp3) is 0.571. The zero-order valence-corrected chi connectivity index (χ0v) is 11.1. The summed E-state index contributed by atoms with van der Waals surface area (Å²) in [6, 6.07) is 5.34. The zero-order valence-electron chi connectivity index (χ0n) is 11.1. The zero-order chi connectivity index (χ0) is 12.8. The minimum atomic E-state index is -0.252. The lowest BCUT2D eigenvalue weighted by Crippen LogP contribution is -2.18. The molecule has 0 saturated carbocycles. The lowest BCUT2D eigenvalue weighted by atomic mass is 9.97. The molecular weight excluding hydrogens is 217 g/mol. The summed E-state index contributed by atoms with van der Waals surface area (Å²) in [7, 11) is 3.36. The number of benzene rings is 1. The van der Waals surface area contributed by atoms with E-state index in [1.807, 2.05) is 19.2 Å². The molecule has 3 heteroatoms. The SMILES string of the molecule is CNC(CCC(C)C)c1cccc(OC)c1F. The molecule has 1 rings (SSSR count). The molecule has 1 unspecified atom stereocenters. The maximum Gasteiger partial charge on any atom is 0.169 e. The summed E-state index contributed by atoms with van der Waals surface area (Å²) in [6.45, 7) is 4.35. The van der Waals surface area contributed by atoms with Crippen LogP contribution in [0.2, 0.25) is 0 Å². The van der Waals surface area contributed by atoms with E-state index in [2.05, 4.69) is 19.2 Å². The summed E-state index contributed by atoms with van der Waals surface area (Å²) in [4.78, 5) is 0. The summed E-state index contributed by atoms with van der Waals surface area (Å²) < 4.78 is 19.1. The normalized spacial score (nSPS) is 12.8. The molecule has 1 atom stereocenters. The first-order valence-electron chi connectivity index (χ1n) is 6.09. The van der Waals surface area contributed by atoms with Crippen molar-refractivity contribution in [1.29, 1.82) is 0 Å². The molecule has 0 aliphatic carbocycles. The monoisotopic (exact) mass is 239 g/mol. The van der Waals surface area contributed by atoms with Crippen LogP contribution in [0.3, 0.4) is 0 Å². The second-order valence-corrected chi connectivity index (χ2v) is 4.68. The Hall–Kier alpha value is -1.09. The van der Waals surface area contributed by atoms with Crippen LogP contribution in [0.1, 0.15) is 38.3 Å². The highest BCUT2D eigenvalue weighted by atomic mass is 19.1. The summed E-state index contributed by atoms with van der Waals surface area (Å²) >= 11 is 0. The summed E-state index contributed by atoms with van der Waals surface area (Å²) in [5.74, 6) is 0.685. The van der Waals surface area contributed by atoms with E-state index in [4.69, 9.17) is 4.74 Å². The molecule has 0 aliphatic rings. The molecule has 0 radical (unpaired) electrons. The van der Waals surface area contributed by atoms with Gasteiger partial charge in [0, 0.05) is 11.6 Å². The van der Waals surface area contributed by atoms with Gasteiger partial charge in [0.25, 0.3) is 0 Å². The third-order valence-corrected chi connectivity index (χ3v) is 2.97. The number of methoxy groups -OCH3 is 1. The third kappa shape index (κ3) is 3.70. The molecule has 0 aliphatic heterocycles. The van der Waals surface area contributed by atoms with Gasteiger partial charge in [-0.3, -0.25) is 0 Å². The lowest BCUT2D eigenvalue weighted by Gasteiger charge is -2.19. The molecule has 0 spiro atoms. The Labute approximate surface area is 103 Å². The topological polar surface area (TPSA) is 21.3 Å². The largest absolute Gasteiger partial charge is 0.494 e. The van der Waals surface area contributed by atoms with Gasteiger partial charge in [-0.05, 0) is 31.9 Å². The van der Waals surface area contributed by atoms with Crippen LogP contribution in [0, 0.1) is 11.7 Å². The lowest BCUT2D eigenvalue weighted by molar-refractivity contribution is 0.376. The Bertz CT molecular complexity index is 352. The second kappa shape index (κ2) is 6.60. The predicted molar refractivity (Wildman–Crippen MR) is 68.8 cm³/mol. The van der Waals surface area contributed by atoms with Crippen molar-refractivity contribution >= 4 is 0 Å². The Morgan fingerprint density at radius 3 is 2.53 bits per heavy atom. The number of ether oxygens (including phenoxy) is 1. The highest BCUT2D eigenvalue weighted by Gasteiger charge is 2.17. The first kappa shape index (κ1) is 14.0. The minimum Gasteiger partial charge on any atom is -0.494 e. The third-order valence-electron chi connectivity index (χ3n) is 2.97. The Balaban J connectivity index is 2.87. The molecule has 0 fully saturated rings. The van der Waals surface area contributed by atoms with Crippen molar-refractivity contribution in [3.8, 4) is 5.75 Å². The summed E-state index contributed by atoms with van der Waals surface area (Å²) in [5.41, 5.74) is 0.688. The Morgan fingerprint density at radius 2 is 2.00 bits per heavy atom. The van der Waals surface area contributed by atoms with E-state index in [1.54, 1.807) is 6.07 Å². The summed E-state index contributed by atoms with van der Waals surface area (Å²) in [5, 5.41) is 3.17. The van der Waals surface area contributed by atoms with Gasteiger partial charge >= 0.3 is 0 Å². The van der Waals surface area contributed by atoms with E-state index in [9.17, 15) is 4.39 Å². The van der Waals surface area contributed by atoms with Crippen molar-refractivity contribution < 1.29 is 9.13 Å². The van der Waals surface area contributed by atoms with Crippen molar-refractivity contribution in [2.75, 3.05) is 14.2 Å². The fourth-order valence-electron chi connectivity index (χ4n) is 1.91. The number of rotatable bonds is 6. The van der Waals surface area contributed by atoms with E-state index in [1.165, 1.54) is 7.11 Å². The molecule has 1 aromatic carbocycles. The average molecular weight is 239 g/mol. The smallest absolute Gasteiger partial charge is 0.169 e. The molecule has 96 valence electrons. The van der Waals surface area contributed by atoms with E-state index in [0.717, 1.165) is 12.8 Å². The van der Waals surface area contributed by atoms with Crippen LogP contribution < -0.4 is 10.1 Å². The van der Waals surface area contributed by atoms with Gasteiger partial charge in [-0.25, -0.2) is 4.39 Å². The Morgan fingerprint density at radius 1 is 1.29 bits per heavy atom. The van der Waals surface area contributed by atoms with Crippen LogP contribution in [-0.4, -0.2) is 14.2 Å². The van der Waals surface area contributed by atoms with Crippen LogP contribution in [0.15, 0.2) is 18.2 Å². The van der Waals surface area contributed by atoms with Gasteiger partial charge in [0.15, 0.2) is 11.6 Å². The minimum absolute atomic E-state index is 0.0486. The maximum absolute atomic E-state index is 14.1. The van der Waals surface area contributed by atoms with E-state index >= 15 is 0 Å². The van der Waals surface area contributed by atoms with Gasteiger partial charge < -0.3 is 10.1 Å². The van der Waals surface area contributed by atoms with Crippen LogP contribution in [0.4, 0.5) is 4.39 Å². The maximum atomic E-state index is 14.1. The van der Waals surface area contributed by atoms with Crippen LogP contribution in [-0.2, 0) is 0 Å². The fourth-order valence-corrected chi connectivity index (χ4v) is 1.91. The van der Waals surface area contributed by atoms with Crippen molar-refractivity contribution in [3.05, 3.63) is 29.6 Å². The highest BCUT2D eigenvalue weighted by Crippen LogP contribution is 2.28. The molecular formula is C14H22FNO. The quantitative estimate of drug-likeness (QED) is 0.820. The first-order chi connectivity index (χ1) is 8.10.